The van der Waals surface area contributed by atoms with Crippen LogP contribution in [-0.2, 0) is 6.54 Å². The van der Waals surface area contributed by atoms with Crippen LogP contribution in [0.15, 0.2) is 29.8 Å². The molecule has 1 aromatic carbocycles. The molecule has 1 N–H and O–H groups in total. The van der Waals surface area contributed by atoms with E-state index in [1.807, 2.05) is 23.7 Å². The van der Waals surface area contributed by atoms with Gasteiger partial charge in [-0.15, -0.1) is 11.3 Å². The number of thiazole rings is 1. The van der Waals surface area contributed by atoms with E-state index in [-0.39, 0.29) is 6.04 Å². The normalized spacial score (nSPS) is 11.8. The smallest absolute Gasteiger partial charge is 0.136 e. The summed E-state index contributed by atoms with van der Waals surface area (Å²) in [7, 11) is 1.57. The van der Waals surface area contributed by atoms with E-state index in [0.29, 0.717) is 17.9 Å². The molecule has 5 heteroatoms. The Morgan fingerprint density at radius 1 is 1.53 bits per heavy atom. The van der Waals surface area contributed by atoms with Crippen molar-refractivity contribution in [1.82, 2.24) is 10.3 Å². The Morgan fingerprint density at radius 2 is 2.37 bits per heavy atom. The van der Waals surface area contributed by atoms with E-state index < -0.39 is 0 Å². The van der Waals surface area contributed by atoms with Crippen molar-refractivity contribution >= 4 is 11.3 Å². The van der Waals surface area contributed by atoms with Crippen LogP contribution in [0.1, 0.15) is 29.1 Å². The molecule has 0 amide bonds. The van der Waals surface area contributed by atoms with Gasteiger partial charge in [-0.3, -0.25) is 0 Å². The van der Waals surface area contributed by atoms with Gasteiger partial charge in [0.15, 0.2) is 0 Å². The van der Waals surface area contributed by atoms with E-state index in [2.05, 4.69) is 23.3 Å². The van der Waals surface area contributed by atoms with E-state index in [0.717, 1.165) is 10.6 Å². The number of nitrogens with one attached hydrogen (secondary N) is 1. The van der Waals surface area contributed by atoms with Crippen molar-refractivity contribution < 1.29 is 4.74 Å². The molecule has 1 aromatic heterocycles. The van der Waals surface area contributed by atoms with Crippen molar-refractivity contribution in [3.05, 3.63) is 45.9 Å². The highest BCUT2D eigenvalue weighted by molar-refractivity contribution is 7.09. The largest absolute Gasteiger partial charge is 0.495 e. The van der Waals surface area contributed by atoms with E-state index in [1.54, 1.807) is 24.5 Å². The first kappa shape index (κ1) is 13.5. The molecule has 1 heterocycles. The Balaban J connectivity index is 2.02. The molecule has 0 radical (unpaired) electrons. The molecule has 1 atom stereocenters. The van der Waals surface area contributed by atoms with E-state index in [1.165, 1.54) is 0 Å². The SMILES string of the molecule is COc1cc(CNC(C)c2nccs2)ccc1C#N. The quantitative estimate of drug-likeness (QED) is 0.910. The van der Waals surface area contributed by atoms with Gasteiger partial charge < -0.3 is 10.1 Å². The minimum atomic E-state index is 0.210. The number of benzene rings is 1. The molecule has 0 bridgehead atoms. The molecular weight excluding hydrogens is 258 g/mol. The number of rotatable bonds is 5. The van der Waals surface area contributed by atoms with Gasteiger partial charge in [-0.25, -0.2) is 4.98 Å². The van der Waals surface area contributed by atoms with Crippen molar-refractivity contribution in [2.45, 2.75) is 19.5 Å². The summed E-state index contributed by atoms with van der Waals surface area (Å²) in [5, 5.41) is 15.4. The number of ether oxygens (including phenoxy) is 1. The molecule has 98 valence electrons. The third-order valence-electron chi connectivity index (χ3n) is 2.82. The van der Waals surface area contributed by atoms with Crippen molar-refractivity contribution in [3.63, 3.8) is 0 Å². The van der Waals surface area contributed by atoms with Crippen LogP contribution in [0.3, 0.4) is 0 Å². The number of hydrogen-bond acceptors (Lipinski definition) is 5. The second-order valence-corrected chi connectivity index (χ2v) is 5.05. The fraction of sp³-hybridized carbons (Fsp3) is 0.286. The molecule has 0 spiro atoms. The number of hydrogen-bond donors (Lipinski definition) is 1. The molecule has 19 heavy (non-hydrogen) atoms. The van der Waals surface area contributed by atoms with Crippen molar-refractivity contribution in [3.8, 4) is 11.8 Å². The first-order chi connectivity index (χ1) is 9.24. The van der Waals surface area contributed by atoms with Gasteiger partial charge in [0, 0.05) is 18.1 Å². The Kier molecular flexibility index (Phi) is 4.50. The van der Waals surface area contributed by atoms with Gasteiger partial charge in [0.2, 0.25) is 0 Å². The molecule has 0 saturated heterocycles. The maximum absolute atomic E-state index is 8.93. The summed E-state index contributed by atoms with van der Waals surface area (Å²) in [5.74, 6) is 0.615. The third kappa shape index (κ3) is 3.31. The zero-order chi connectivity index (χ0) is 13.7. The Bertz CT molecular complexity index is 575. The average Bonchev–Trinajstić information content (AvgIpc) is 2.98. The second-order valence-electron chi connectivity index (χ2n) is 4.12. The maximum Gasteiger partial charge on any atom is 0.136 e. The van der Waals surface area contributed by atoms with Crippen LogP contribution in [0.4, 0.5) is 0 Å². The van der Waals surface area contributed by atoms with Crippen LogP contribution < -0.4 is 10.1 Å². The molecule has 0 saturated carbocycles. The number of methoxy groups -OCH3 is 1. The van der Waals surface area contributed by atoms with Crippen molar-refractivity contribution in [2.24, 2.45) is 0 Å². The molecule has 4 nitrogen and oxygen atoms in total. The van der Waals surface area contributed by atoms with Gasteiger partial charge in [0.1, 0.15) is 16.8 Å². The van der Waals surface area contributed by atoms with Crippen LogP contribution in [0.25, 0.3) is 0 Å². The van der Waals surface area contributed by atoms with Crippen LogP contribution >= 0.6 is 11.3 Å². The van der Waals surface area contributed by atoms with Crippen molar-refractivity contribution in [2.75, 3.05) is 7.11 Å². The Labute approximate surface area is 116 Å². The topological polar surface area (TPSA) is 57.9 Å². The van der Waals surface area contributed by atoms with Crippen LogP contribution in [0, 0.1) is 11.3 Å². The Morgan fingerprint density at radius 3 is 3.00 bits per heavy atom. The predicted octanol–water partition coefficient (Wildman–Crippen LogP) is 2.87. The zero-order valence-electron chi connectivity index (χ0n) is 10.9. The fourth-order valence-electron chi connectivity index (χ4n) is 1.74. The summed E-state index contributed by atoms with van der Waals surface area (Å²) in [6, 6.07) is 7.92. The van der Waals surface area contributed by atoms with Crippen LogP contribution in [0.2, 0.25) is 0 Å². The predicted molar refractivity (Wildman–Crippen MR) is 75.1 cm³/mol. The molecule has 0 fully saturated rings. The zero-order valence-corrected chi connectivity index (χ0v) is 11.7. The number of nitrogens with zero attached hydrogens (tertiary/aromatic N) is 2. The minimum absolute atomic E-state index is 0.210. The lowest BCUT2D eigenvalue weighted by molar-refractivity contribution is 0.412. The standard InChI is InChI=1S/C14H15N3OS/c1-10(14-16-5-6-19-14)17-9-11-3-4-12(8-15)13(7-11)18-2/h3-7,10,17H,9H2,1-2H3. The first-order valence-corrected chi connectivity index (χ1v) is 6.82. The maximum atomic E-state index is 8.93. The summed E-state index contributed by atoms with van der Waals surface area (Å²) in [6.45, 7) is 2.79. The van der Waals surface area contributed by atoms with Gasteiger partial charge in [-0.2, -0.15) is 5.26 Å². The van der Waals surface area contributed by atoms with Crippen LogP contribution in [-0.4, -0.2) is 12.1 Å². The van der Waals surface area contributed by atoms with Gasteiger partial charge >= 0.3 is 0 Å². The van der Waals surface area contributed by atoms with E-state index in [4.69, 9.17) is 10.00 Å². The van der Waals surface area contributed by atoms with E-state index in [9.17, 15) is 0 Å². The minimum Gasteiger partial charge on any atom is -0.495 e. The molecule has 1 unspecified atom stereocenters. The number of aromatic nitrogens is 1. The van der Waals surface area contributed by atoms with Gasteiger partial charge in [0.25, 0.3) is 0 Å². The summed E-state index contributed by atoms with van der Waals surface area (Å²) in [4.78, 5) is 4.28. The highest BCUT2D eigenvalue weighted by Gasteiger charge is 2.08. The lowest BCUT2D eigenvalue weighted by Crippen LogP contribution is -2.17. The molecule has 2 rings (SSSR count). The summed E-state index contributed by atoms with van der Waals surface area (Å²) < 4.78 is 5.20. The molecule has 2 aromatic rings. The third-order valence-corrected chi connectivity index (χ3v) is 3.78. The van der Waals surface area contributed by atoms with Gasteiger partial charge in [-0.05, 0) is 24.6 Å². The molecule has 0 aliphatic carbocycles. The van der Waals surface area contributed by atoms with Crippen LogP contribution in [0.5, 0.6) is 5.75 Å². The summed E-state index contributed by atoms with van der Waals surface area (Å²) in [5.41, 5.74) is 1.64. The lowest BCUT2D eigenvalue weighted by atomic mass is 10.1. The molecule has 0 aliphatic rings. The van der Waals surface area contributed by atoms with E-state index >= 15 is 0 Å². The molecular formula is C14H15N3OS. The monoisotopic (exact) mass is 273 g/mol. The highest BCUT2D eigenvalue weighted by Crippen LogP contribution is 2.20. The lowest BCUT2D eigenvalue weighted by Gasteiger charge is -2.12. The second kappa shape index (κ2) is 6.32. The molecule has 0 aliphatic heterocycles. The summed E-state index contributed by atoms with van der Waals surface area (Å²) in [6.07, 6.45) is 1.81. The Hall–Kier alpha value is -1.90. The fourth-order valence-corrected chi connectivity index (χ4v) is 2.41. The summed E-state index contributed by atoms with van der Waals surface area (Å²) >= 11 is 1.64. The van der Waals surface area contributed by atoms with Gasteiger partial charge in [0.05, 0.1) is 18.7 Å². The number of nitriles is 1. The van der Waals surface area contributed by atoms with Crippen molar-refractivity contribution in [1.29, 1.82) is 5.26 Å². The highest BCUT2D eigenvalue weighted by atomic mass is 32.1. The van der Waals surface area contributed by atoms with Gasteiger partial charge in [-0.1, -0.05) is 6.07 Å². The average molecular weight is 273 g/mol. The first-order valence-electron chi connectivity index (χ1n) is 5.94.